The molecule has 0 saturated carbocycles. The van der Waals surface area contributed by atoms with E-state index in [9.17, 15) is 14.0 Å². The molecule has 1 atom stereocenters. The molecule has 1 heterocycles. The van der Waals surface area contributed by atoms with Crippen LogP contribution in [0.25, 0.3) is 0 Å². The van der Waals surface area contributed by atoms with Crippen LogP contribution in [0.5, 0.6) is 11.5 Å². The molecule has 2 amide bonds. The third kappa shape index (κ3) is 4.43. The van der Waals surface area contributed by atoms with Crippen LogP contribution in [0, 0.1) is 5.82 Å². The second kappa shape index (κ2) is 8.09. The molecule has 0 saturated heterocycles. The lowest BCUT2D eigenvalue weighted by Crippen LogP contribution is -2.37. The fourth-order valence-electron chi connectivity index (χ4n) is 2.10. The second-order valence-electron chi connectivity index (χ2n) is 5.09. The van der Waals surface area contributed by atoms with Crippen molar-refractivity contribution in [2.75, 3.05) is 19.5 Å². The Kier molecular flexibility index (Phi) is 5.89. The first kappa shape index (κ1) is 18.2. The summed E-state index contributed by atoms with van der Waals surface area (Å²) in [5.41, 5.74) is 0.407. The van der Waals surface area contributed by atoms with Gasteiger partial charge in [-0.2, -0.15) is 0 Å². The zero-order chi connectivity index (χ0) is 18.4. The molecule has 132 valence electrons. The number of anilines is 1. The van der Waals surface area contributed by atoms with Gasteiger partial charge in [-0.05, 0) is 19.1 Å². The SMILES string of the molecule is COc1cc(F)c(NC(=O)C(=O)N[C@H](C)c2ccccn2)cc1OC. The van der Waals surface area contributed by atoms with E-state index in [4.69, 9.17) is 9.47 Å². The largest absolute Gasteiger partial charge is 0.493 e. The standard InChI is InChI=1S/C17H18FN3O4/c1-10(12-6-4-5-7-19-12)20-16(22)17(23)21-13-9-15(25-3)14(24-2)8-11(13)18/h4-10H,1-3H3,(H,20,22)(H,21,23)/t10-/m1/s1. The van der Waals surface area contributed by atoms with Gasteiger partial charge in [0.1, 0.15) is 0 Å². The molecule has 0 fully saturated rings. The van der Waals surface area contributed by atoms with Gasteiger partial charge in [-0.25, -0.2) is 4.39 Å². The maximum Gasteiger partial charge on any atom is 0.313 e. The van der Waals surface area contributed by atoms with Crippen molar-refractivity contribution in [3.63, 3.8) is 0 Å². The van der Waals surface area contributed by atoms with Gasteiger partial charge < -0.3 is 20.1 Å². The van der Waals surface area contributed by atoms with Crippen LogP contribution >= 0.6 is 0 Å². The van der Waals surface area contributed by atoms with Gasteiger partial charge in [0, 0.05) is 18.3 Å². The summed E-state index contributed by atoms with van der Waals surface area (Å²) in [6.45, 7) is 1.69. The predicted molar refractivity (Wildman–Crippen MR) is 88.9 cm³/mol. The molecule has 2 N–H and O–H groups in total. The second-order valence-corrected chi connectivity index (χ2v) is 5.09. The Bertz CT molecular complexity index is 768. The van der Waals surface area contributed by atoms with Crippen LogP contribution in [0.2, 0.25) is 0 Å². The molecular weight excluding hydrogens is 329 g/mol. The van der Waals surface area contributed by atoms with E-state index in [1.54, 1.807) is 31.3 Å². The highest BCUT2D eigenvalue weighted by Gasteiger charge is 2.20. The molecule has 7 nitrogen and oxygen atoms in total. The maximum absolute atomic E-state index is 14.0. The van der Waals surface area contributed by atoms with Crippen molar-refractivity contribution in [1.29, 1.82) is 0 Å². The van der Waals surface area contributed by atoms with Gasteiger partial charge in [-0.3, -0.25) is 14.6 Å². The van der Waals surface area contributed by atoms with E-state index in [2.05, 4.69) is 15.6 Å². The Morgan fingerprint density at radius 1 is 1.12 bits per heavy atom. The number of nitrogens with one attached hydrogen (secondary N) is 2. The number of hydrogen-bond donors (Lipinski definition) is 2. The minimum absolute atomic E-state index is 0.172. The quantitative estimate of drug-likeness (QED) is 0.808. The zero-order valence-electron chi connectivity index (χ0n) is 14.0. The topological polar surface area (TPSA) is 89.5 Å². The minimum atomic E-state index is -1.01. The highest BCUT2D eigenvalue weighted by atomic mass is 19.1. The number of ether oxygens (including phenoxy) is 2. The van der Waals surface area contributed by atoms with E-state index >= 15 is 0 Å². The number of halogens is 1. The molecule has 25 heavy (non-hydrogen) atoms. The van der Waals surface area contributed by atoms with Gasteiger partial charge >= 0.3 is 11.8 Å². The summed E-state index contributed by atoms with van der Waals surface area (Å²) in [5.74, 6) is -2.27. The van der Waals surface area contributed by atoms with Crippen molar-refractivity contribution in [2.45, 2.75) is 13.0 Å². The lowest BCUT2D eigenvalue weighted by atomic mass is 10.2. The van der Waals surface area contributed by atoms with Gasteiger partial charge in [0.25, 0.3) is 0 Å². The minimum Gasteiger partial charge on any atom is -0.493 e. The number of amides is 2. The van der Waals surface area contributed by atoms with E-state index in [0.29, 0.717) is 5.69 Å². The van der Waals surface area contributed by atoms with Gasteiger partial charge in [-0.15, -0.1) is 0 Å². The van der Waals surface area contributed by atoms with Crippen LogP contribution in [-0.2, 0) is 9.59 Å². The fourth-order valence-corrected chi connectivity index (χ4v) is 2.10. The number of benzene rings is 1. The molecule has 2 aromatic rings. The van der Waals surface area contributed by atoms with Crippen LogP contribution in [0.4, 0.5) is 10.1 Å². The first-order valence-corrected chi connectivity index (χ1v) is 7.40. The van der Waals surface area contributed by atoms with E-state index in [1.807, 2.05) is 0 Å². The first-order chi connectivity index (χ1) is 12.0. The van der Waals surface area contributed by atoms with Crippen LogP contribution in [-0.4, -0.2) is 31.0 Å². The highest BCUT2D eigenvalue weighted by molar-refractivity contribution is 6.39. The van der Waals surface area contributed by atoms with Crippen molar-refractivity contribution < 1.29 is 23.5 Å². The van der Waals surface area contributed by atoms with Gasteiger partial charge in [0.15, 0.2) is 17.3 Å². The third-order valence-electron chi connectivity index (χ3n) is 3.41. The molecule has 0 bridgehead atoms. The van der Waals surface area contributed by atoms with E-state index < -0.39 is 23.7 Å². The summed E-state index contributed by atoms with van der Waals surface area (Å²) < 4.78 is 24.0. The normalized spacial score (nSPS) is 11.4. The summed E-state index contributed by atoms with van der Waals surface area (Å²) in [6.07, 6.45) is 1.58. The number of aromatic nitrogens is 1. The molecule has 8 heteroatoms. The van der Waals surface area contributed by atoms with Crippen molar-refractivity contribution in [3.8, 4) is 11.5 Å². The van der Waals surface area contributed by atoms with Crippen molar-refractivity contribution in [3.05, 3.63) is 48.0 Å². The van der Waals surface area contributed by atoms with Gasteiger partial charge in [-0.1, -0.05) is 6.07 Å². The maximum atomic E-state index is 14.0. The monoisotopic (exact) mass is 347 g/mol. The molecule has 1 aromatic carbocycles. The number of methoxy groups -OCH3 is 2. The number of carbonyl (C=O) groups is 2. The number of carbonyl (C=O) groups excluding carboxylic acids is 2. The molecule has 0 radical (unpaired) electrons. The zero-order valence-corrected chi connectivity index (χ0v) is 14.0. The van der Waals surface area contributed by atoms with Crippen LogP contribution in [0.1, 0.15) is 18.7 Å². The predicted octanol–water partition coefficient (Wildman–Crippen LogP) is 2.05. The molecule has 0 aliphatic rings. The summed E-state index contributed by atoms with van der Waals surface area (Å²) in [7, 11) is 2.74. The molecule has 1 aromatic heterocycles. The Morgan fingerprint density at radius 2 is 1.80 bits per heavy atom. The summed E-state index contributed by atoms with van der Waals surface area (Å²) in [5, 5.41) is 4.71. The van der Waals surface area contributed by atoms with Crippen molar-refractivity contribution in [1.82, 2.24) is 10.3 Å². The smallest absolute Gasteiger partial charge is 0.313 e. The first-order valence-electron chi connectivity index (χ1n) is 7.40. The average molecular weight is 347 g/mol. The lowest BCUT2D eigenvalue weighted by molar-refractivity contribution is -0.136. The molecular formula is C17H18FN3O4. The van der Waals surface area contributed by atoms with E-state index in [0.717, 1.165) is 6.07 Å². The Morgan fingerprint density at radius 3 is 2.40 bits per heavy atom. The van der Waals surface area contributed by atoms with Crippen LogP contribution in [0.15, 0.2) is 36.5 Å². The van der Waals surface area contributed by atoms with Crippen LogP contribution in [0.3, 0.4) is 0 Å². The summed E-state index contributed by atoms with van der Waals surface area (Å²) >= 11 is 0. The third-order valence-corrected chi connectivity index (χ3v) is 3.41. The molecule has 0 unspecified atom stereocenters. The molecule has 0 aliphatic carbocycles. The Hall–Kier alpha value is -3.16. The number of hydrogen-bond acceptors (Lipinski definition) is 5. The highest BCUT2D eigenvalue weighted by Crippen LogP contribution is 2.32. The fraction of sp³-hybridized carbons (Fsp3) is 0.235. The van der Waals surface area contributed by atoms with E-state index in [-0.39, 0.29) is 17.2 Å². The molecule has 0 aliphatic heterocycles. The van der Waals surface area contributed by atoms with Gasteiger partial charge in [0.05, 0.1) is 31.6 Å². The summed E-state index contributed by atoms with van der Waals surface area (Å²) in [4.78, 5) is 28.1. The van der Waals surface area contributed by atoms with Crippen molar-refractivity contribution in [2.24, 2.45) is 0 Å². The number of nitrogens with zero attached hydrogens (tertiary/aromatic N) is 1. The Labute approximate surface area is 144 Å². The molecule has 2 rings (SSSR count). The number of rotatable bonds is 5. The number of pyridine rings is 1. The van der Waals surface area contributed by atoms with Crippen molar-refractivity contribution >= 4 is 17.5 Å². The van der Waals surface area contributed by atoms with E-state index in [1.165, 1.54) is 20.3 Å². The average Bonchev–Trinajstić information content (AvgIpc) is 2.63. The van der Waals surface area contributed by atoms with Crippen LogP contribution < -0.4 is 20.1 Å². The Balaban J connectivity index is 2.07. The summed E-state index contributed by atoms with van der Waals surface area (Å²) in [6, 6.07) is 7.05. The van der Waals surface area contributed by atoms with Gasteiger partial charge in [0.2, 0.25) is 0 Å². The lowest BCUT2D eigenvalue weighted by Gasteiger charge is -2.14. The molecule has 0 spiro atoms.